The average molecular weight is 270 g/mol. The highest BCUT2D eigenvalue weighted by molar-refractivity contribution is 7.99. The number of thioether (sulfide) groups is 1. The first-order valence-corrected chi connectivity index (χ1v) is 6.37. The molecule has 98 valence electrons. The normalized spacial score (nSPS) is 10.0. The van der Waals surface area contributed by atoms with E-state index in [1.54, 1.807) is 17.8 Å². The molecule has 0 saturated heterocycles. The van der Waals surface area contributed by atoms with Crippen LogP contribution in [0.1, 0.15) is 10.5 Å². The van der Waals surface area contributed by atoms with Gasteiger partial charge in [0, 0.05) is 18.1 Å². The Labute approximate surface area is 108 Å². The molecule has 1 aromatic heterocycles. The molecule has 1 rings (SSSR count). The van der Waals surface area contributed by atoms with E-state index in [2.05, 4.69) is 22.2 Å². The van der Waals surface area contributed by atoms with Gasteiger partial charge in [-0.25, -0.2) is 9.48 Å². The van der Waals surface area contributed by atoms with Gasteiger partial charge in [-0.05, 0) is 0 Å². The molecule has 1 heterocycles. The van der Waals surface area contributed by atoms with E-state index in [0.29, 0.717) is 6.54 Å². The summed E-state index contributed by atoms with van der Waals surface area (Å²) in [6.45, 7) is 4.11. The lowest BCUT2D eigenvalue weighted by molar-refractivity contribution is -0.121. The van der Waals surface area contributed by atoms with Crippen LogP contribution in [0, 0.1) is 0 Å². The molecule has 0 aliphatic rings. The molecule has 8 heteroatoms. The summed E-state index contributed by atoms with van der Waals surface area (Å²) in [4.78, 5) is 22.0. The molecule has 0 spiro atoms. The average Bonchev–Trinajstić information content (AvgIpc) is 2.77. The van der Waals surface area contributed by atoms with Crippen molar-refractivity contribution in [3.8, 4) is 0 Å². The standard InChI is InChI=1S/C10H14N4O3S/c1-2-4-18-5-3-11-9(15)7-14-6-8(10(16)17)12-13-14/h2,6H,1,3-5,7H2,(H,11,15)(H,16,17). The number of amides is 1. The third-order valence-corrected chi connectivity index (χ3v) is 2.83. The van der Waals surface area contributed by atoms with Gasteiger partial charge in [-0.1, -0.05) is 11.3 Å². The zero-order valence-electron chi connectivity index (χ0n) is 9.70. The molecule has 18 heavy (non-hydrogen) atoms. The molecule has 0 fully saturated rings. The number of hydrogen-bond donors (Lipinski definition) is 2. The van der Waals surface area contributed by atoms with Crippen molar-refractivity contribution < 1.29 is 14.7 Å². The zero-order valence-corrected chi connectivity index (χ0v) is 10.5. The van der Waals surface area contributed by atoms with E-state index >= 15 is 0 Å². The number of rotatable bonds is 8. The van der Waals surface area contributed by atoms with Crippen LogP contribution < -0.4 is 5.32 Å². The molecule has 0 saturated carbocycles. The molecular weight excluding hydrogens is 256 g/mol. The fourth-order valence-corrected chi connectivity index (χ4v) is 1.69. The molecular formula is C10H14N4O3S. The van der Waals surface area contributed by atoms with Crippen molar-refractivity contribution in [1.29, 1.82) is 0 Å². The number of aromatic nitrogens is 3. The highest BCUT2D eigenvalue weighted by Crippen LogP contribution is 1.97. The van der Waals surface area contributed by atoms with Gasteiger partial charge in [0.2, 0.25) is 5.91 Å². The molecule has 0 unspecified atom stereocenters. The van der Waals surface area contributed by atoms with Gasteiger partial charge < -0.3 is 10.4 Å². The third kappa shape index (κ3) is 5.00. The predicted molar refractivity (Wildman–Crippen MR) is 67.5 cm³/mol. The van der Waals surface area contributed by atoms with E-state index in [1.165, 1.54) is 10.9 Å². The first-order chi connectivity index (χ1) is 8.63. The molecule has 0 aliphatic carbocycles. The lowest BCUT2D eigenvalue weighted by atomic mass is 10.5. The van der Waals surface area contributed by atoms with Crippen LogP contribution in [0.3, 0.4) is 0 Å². The molecule has 7 nitrogen and oxygen atoms in total. The number of nitrogens with one attached hydrogen (secondary N) is 1. The number of carbonyl (C=O) groups excluding carboxylic acids is 1. The van der Waals surface area contributed by atoms with Crippen molar-refractivity contribution >= 4 is 23.6 Å². The van der Waals surface area contributed by atoms with Crippen molar-refractivity contribution in [3.05, 3.63) is 24.5 Å². The molecule has 0 atom stereocenters. The second-order valence-electron chi connectivity index (χ2n) is 3.32. The Kier molecular flexibility index (Phi) is 5.92. The minimum atomic E-state index is -1.16. The number of carboxylic acids is 1. The quantitative estimate of drug-likeness (QED) is 0.510. The smallest absolute Gasteiger partial charge is 0.358 e. The largest absolute Gasteiger partial charge is 0.476 e. The van der Waals surface area contributed by atoms with E-state index in [1.807, 2.05) is 0 Å². The lowest BCUT2D eigenvalue weighted by Gasteiger charge is -2.03. The molecule has 0 aliphatic heterocycles. The summed E-state index contributed by atoms with van der Waals surface area (Å²) in [7, 11) is 0. The summed E-state index contributed by atoms with van der Waals surface area (Å²) < 4.78 is 1.19. The molecule has 0 bridgehead atoms. The van der Waals surface area contributed by atoms with Gasteiger partial charge in [0.15, 0.2) is 5.69 Å². The maximum atomic E-state index is 11.4. The first kappa shape index (κ1) is 14.2. The van der Waals surface area contributed by atoms with E-state index in [-0.39, 0.29) is 18.1 Å². The fourth-order valence-electron chi connectivity index (χ4n) is 1.11. The lowest BCUT2D eigenvalue weighted by Crippen LogP contribution is -2.29. The van der Waals surface area contributed by atoms with Crippen LogP contribution in [0.5, 0.6) is 0 Å². The maximum Gasteiger partial charge on any atom is 0.358 e. The summed E-state index contributed by atoms with van der Waals surface area (Å²) in [6.07, 6.45) is 3.02. The Balaban J connectivity index is 2.26. The van der Waals surface area contributed by atoms with Gasteiger partial charge in [-0.3, -0.25) is 4.79 Å². The van der Waals surface area contributed by atoms with Crippen LogP contribution in [0.2, 0.25) is 0 Å². The summed E-state index contributed by atoms with van der Waals surface area (Å²) in [5.74, 6) is 0.259. The second-order valence-corrected chi connectivity index (χ2v) is 4.47. The number of carboxylic acid groups (broad SMARTS) is 1. The Morgan fingerprint density at radius 3 is 3.00 bits per heavy atom. The minimum Gasteiger partial charge on any atom is -0.476 e. The minimum absolute atomic E-state index is 0.0353. The van der Waals surface area contributed by atoms with E-state index < -0.39 is 5.97 Å². The second kappa shape index (κ2) is 7.49. The number of nitrogens with zero attached hydrogens (tertiary/aromatic N) is 3. The summed E-state index contributed by atoms with van der Waals surface area (Å²) >= 11 is 1.66. The van der Waals surface area contributed by atoms with Gasteiger partial charge in [0.1, 0.15) is 6.54 Å². The topological polar surface area (TPSA) is 97.1 Å². The van der Waals surface area contributed by atoms with E-state index in [4.69, 9.17) is 5.11 Å². The molecule has 0 radical (unpaired) electrons. The van der Waals surface area contributed by atoms with Gasteiger partial charge in [0.25, 0.3) is 0 Å². The summed E-state index contributed by atoms with van der Waals surface area (Å²) in [5.41, 5.74) is -0.177. The van der Waals surface area contributed by atoms with Gasteiger partial charge in [-0.2, -0.15) is 11.8 Å². The van der Waals surface area contributed by atoms with Crippen LogP contribution >= 0.6 is 11.8 Å². The van der Waals surface area contributed by atoms with Crippen molar-refractivity contribution in [2.24, 2.45) is 0 Å². The fraction of sp³-hybridized carbons (Fsp3) is 0.400. The van der Waals surface area contributed by atoms with E-state index in [0.717, 1.165) is 11.5 Å². The van der Waals surface area contributed by atoms with Crippen LogP contribution in [-0.4, -0.2) is 50.0 Å². The van der Waals surface area contributed by atoms with Crippen molar-refractivity contribution in [1.82, 2.24) is 20.3 Å². The number of hydrogen-bond acceptors (Lipinski definition) is 5. The van der Waals surface area contributed by atoms with Gasteiger partial charge in [0.05, 0.1) is 6.20 Å². The Morgan fingerprint density at radius 1 is 1.61 bits per heavy atom. The number of carbonyl (C=O) groups is 2. The molecule has 1 amide bonds. The van der Waals surface area contributed by atoms with Crippen LogP contribution in [0.15, 0.2) is 18.9 Å². The van der Waals surface area contributed by atoms with Crippen molar-refractivity contribution in [2.45, 2.75) is 6.54 Å². The Morgan fingerprint density at radius 2 is 2.39 bits per heavy atom. The third-order valence-electron chi connectivity index (χ3n) is 1.87. The summed E-state index contributed by atoms with van der Waals surface area (Å²) in [6, 6.07) is 0. The Bertz CT molecular complexity index is 433. The van der Waals surface area contributed by atoms with Crippen LogP contribution in [0.25, 0.3) is 0 Å². The molecule has 1 aromatic rings. The van der Waals surface area contributed by atoms with Crippen LogP contribution in [-0.2, 0) is 11.3 Å². The van der Waals surface area contributed by atoms with Crippen molar-refractivity contribution in [3.63, 3.8) is 0 Å². The van der Waals surface area contributed by atoms with Crippen LogP contribution in [0.4, 0.5) is 0 Å². The monoisotopic (exact) mass is 270 g/mol. The molecule has 2 N–H and O–H groups in total. The predicted octanol–water partition coefficient (Wildman–Crippen LogP) is 0.0117. The van der Waals surface area contributed by atoms with Crippen molar-refractivity contribution in [2.75, 3.05) is 18.1 Å². The van der Waals surface area contributed by atoms with E-state index in [9.17, 15) is 9.59 Å². The zero-order chi connectivity index (χ0) is 13.4. The van der Waals surface area contributed by atoms with Gasteiger partial charge in [-0.15, -0.1) is 11.7 Å². The summed E-state index contributed by atoms with van der Waals surface area (Å²) in [5, 5.41) is 18.3. The maximum absolute atomic E-state index is 11.4. The number of aromatic carboxylic acids is 1. The first-order valence-electron chi connectivity index (χ1n) is 5.22. The molecule has 0 aromatic carbocycles. The highest BCUT2D eigenvalue weighted by atomic mass is 32.2. The SMILES string of the molecule is C=CCSCCNC(=O)Cn1cc(C(=O)O)nn1. The highest BCUT2D eigenvalue weighted by Gasteiger charge is 2.10. The van der Waals surface area contributed by atoms with Gasteiger partial charge >= 0.3 is 5.97 Å². The Hall–Kier alpha value is -1.83.